The van der Waals surface area contributed by atoms with E-state index in [1.54, 1.807) is 4.68 Å². The van der Waals surface area contributed by atoms with Crippen LogP contribution in [0.15, 0.2) is 48.8 Å². The van der Waals surface area contributed by atoms with Crippen LogP contribution in [0.2, 0.25) is 0 Å². The van der Waals surface area contributed by atoms with Gasteiger partial charge in [0.15, 0.2) is 0 Å². The van der Waals surface area contributed by atoms with Crippen LogP contribution >= 0.6 is 0 Å². The molecule has 0 aliphatic heterocycles. The van der Waals surface area contributed by atoms with Gasteiger partial charge in [-0.15, -0.1) is 5.10 Å². The number of amides is 1. The lowest BCUT2D eigenvalue weighted by Crippen LogP contribution is -2.37. The van der Waals surface area contributed by atoms with Crippen molar-refractivity contribution in [2.75, 3.05) is 6.54 Å². The number of hydrogen-bond donors (Lipinski definition) is 1. The van der Waals surface area contributed by atoms with Crippen molar-refractivity contribution >= 4 is 5.91 Å². The Bertz CT molecular complexity index is 712. The Morgan fingerprint density at radius 2 is 2.12 bits per heavy atom. The highest BCUT2D eigenvalue weighted by molar-refractivity contribution is 5.80. The Kier molecular flexibility index (Phi) is 4.11. The van der Waals surface area contributed by atoms with Gasteiger partial charge >= 0.3 is 0 Å². The zero-order chi connectivity index (χ0) is 16.4. The summed E-state index contributed by atoms with van der Waals surface area (Å²) in [6, 6.07) is 9.54. The molecule has 2 bridgehead atoms. The lowest BCUT2D eigenvalue weighted by Gasteiger charge is -2.21. The molecule has 24 heavy (non-hydrogen) atoms. The molecular weight excluding hydrogens is 302 g/mol. The van der Waals surface area contributed by atoms with Crippen LogP contribution < -0.4 is 5.32 Å². The number of nitrogens with one attached hydrogen (secondary N) is 1. The minimum atomic E-state index is -0.420. The van der Waals surface area contributed by atoms with Crippen molar-refractivity contribution in [1.82, 2.24) is 25.5 Å². The molecule has 0 unspecified atom stereocenters. The molecule has 1 saturated carbocycles. The number of hydrogen-bond acceptors (Lipinski definition) is 4. The smallest absolute Gasteiger partial charge is 0.245 e. The predicted molar refractivity (Wildman–Crippen MR) is 88.9 cm³/mol. The van der Waals surface area contributed by atoms with E-state index in [4.69, 9.17) is 0 Å². The SMILES string of the molecule is O=C(NC[C@H]1C[C@H]2C=C[C@H]1C2)[C@@H](Cc1ccccc1)n1cnnn1. The van der Waals surface area contributed by atoms with Crippen LogP contribution in [0.4, 0.5) is 0 Å². The molecule has 2 aromatic rings. The van der Waals surface area contributed by atoms with E-state index in [0.29, 0.717) is 18.3 Å². The topological polar surface area (TPSA) is 72.7 Å². The van der Waals surface area contributed by atoms with Crippen molar-refractivity contribution in [3.63, 3.8) is 0 Å². The van der Waals surface area contributed by atoms with E-state index in [2.05, 4.69) is 33.0 Å². The molecule has 6 nitrogen and oxygen atoms in total. The summed E-state index contributed by atoms with van der Waals surface area (Å²) in [5.74, 6) is 1.90. The van der Waals surface area contributed by atoms with Gasteiger partial charge in [0.05, 0.1) is 0 Å². The number of aromatic nitrogens is 4. The molecule has 2 aliphatic carbocycles. The summed E-state index contributed by atoms with van der Waals surface area (Å²) in [6.45, 7) is 0.734. The summed E-state index contributed by atoms with van der Waals surface area (Å²) in [5.41, 5.74) is 1.09. The molecule has 1 aromatic heterocycles. The van der Waals surface area contributed by atoms with Crippen molar-refractivity contribution in [2.24, 2.45) is 17.8 Å². The highest BCUT2D eigenvalue weighted by Gasteiger charge is 2.36. The maximum absolute atomic E-state index is 12.8. The molecule has 6 heteroatoms. The number of nitrogens with zero attached hydrogens (tertiary/aromatic N) is 4. The normalized spacial score (nSPS) is 25.8. The number of fused-ring (bicyclic) bond motifs is 2. The van der Waals surface area contributed by atoms with E-state index >= 15 is 0 Å². The number of benzene rings is 1. The van der Waals surface area contributed by atoms with Crippen LogP contribution in [-0.2, 0) is 11.2 Å². The van der Waals surface area contributed by atoms with Gasteiger partial charge in [0.1, 0.15) is 12.4 Å². The number of tetrazole rings is 1. The molecule has 0 saturated heterocycles. The van der Waals surface area contributed by atoms with Crippen LogP contribution in [-0.4, -0.2) is 32.7 Å². The fourth-order valence-corrected chi connectivity index (χ4v) is 3.93. The summed E-state index contributed by atoms with van der Waals surface area (Å²) >= 11 is 0. The van der Waals surface area contributed by atoms with Gasteiger partial charge in [-0.1, -0.05) is 42.5 Å². The van der Waals surface area contributed by atoms with Gasteiger partial charge in [0, 0.05) is 13.0 Å². The number of allylic oxidation sites excluding steroid dienone is 2. The third-order valence-corrected chi connectivity index (χ3v) is 5.21. The van der Waals surface area contributed by atoms with Gasteiger partial charge in [-0.2, -0.15) is 0 Å². The fourth-order valence-electron chi connectivity index (χ4n) is 3.93. The maximum atomic E-state index is 12.8. The maximum Gasteiger partial charge on any atom is 0.245 e. The number of rotatable bonds is 6. The molecule has 2 aliphatic rings. The van der Waals surface area contributed by atoms with Gasteiger partial charge in [-0.05, 0) is 46.6 Å². The van der Waals surface area contributed by atoms with Crippen molar-refractivity contribution in [1.29, 1.82) is 0 Å². The minimum absolute atomic E-state index is 0.0158. The van der Waals surface area contributed by atoms with Crippen LogP contribution in [0.3, 0.4) is 0 Å². The first kappa shape index (κ1) is 15.1. The highest BCUT2D eigenvalue weighted by atomic mass is 16.2. The van der Waals surface area contributed by atoms with Gasteiger partial charge in [0.25, 0.3) is 0 Å². The molecular formula is C18H21N5O. The summed E-state index contributed by atoms with van der Waals surface area (Å²) in [6.07, 6.45) is 9.16. The van der Waals surface area contributed by atoms with E-state index in [1.165, 1.54) is 19.2 Å². The molecule has 4 rings (SSSR count). The monoisotopic (exact) mass is 323 g/mol. The lowest BCUT2D eigenvalue weighted by atomic mass is 9.93. The van der Waals surface area contributed by atoms with Crippen LogP contribution in [0.5, 0.6) is 0 Å². The average Bonchev–Trinajstić information content (AvgIpc) is 3.36. The second-order valence-corrected chi connectivity index (χ2v) is 6.78. The van der Waals surface area contributed by atoms with Gasteiger partial charge in [-0.25, -0.2) is 4.68 Å². The molecule has 1 N–H and O–H groups in total. The summed E-state index contributed by atoms with van der Waals surface area (Å²) in [7, 11) is 0. The molecule has 124 valence electrons. The van der Waals surface area contributed by atoms with Gasteiger partial charge < -0.3 is 5.32 Å². The van der Waals surface area contributed by atoms with Crippen molar-refractivity contribution < 1.29 is 4.79 Å². The predicted octanol–water partition coefficient (Wildman–Crippen LogP) is 1.79. The van der Waals surface area contributed by atoms with Gasteiger partial charge in [0.2, 0.25) is 5.91 Å². The van der Waals surface area contributed by atoms with E-state index in [9.17, 15) is 4.79 Å². The van der Waals surface area contributed by atoms with E-state index < -0.39 is 6.04 Å². The lowest BCUT2D eigenvalue weighted by molar-refractivity contribution is -0.124. The first-order chi connectivity index (χ1) is 11.8. The Balaban J connectivity index is 1.42. The highest BCUT2D eigenvalue weighted by Crippen LogP contribution is 2.42. The summed E-state index contributed by atoms with van der Waals surface area (Å²) < 4.78 is 1.54. The van der Waals surface area contributed by atoms with Gasteiger partial charge in [-0.3, -0.25) is 4.79 Å². The average molecular weight is 323 g/mol. The Labute approximate surface area is 140 Å². The Hall–Kier alpha value is -2.50. The number of carbonyl (C=O) groups excluding carboxylic acids is 1. The second kappa shape index (κ2) is 6.55. The van der Waals surface area contributed by atoms with E-state index in [-0.39, 0.29) is 5.91 Å². The molecule has 1 heterocycles. The Morgan fingerprint density at radius 1 is 1.25 bits per heavy atom. The van der Waals surface area contributed by atoms with Crippen molar-refractivity contribution in [3.05, 3.63) is 54.4 Å². The fraction of sp³-hybridized carbons (Fsp3) is 0.444. The molecule has 1 aromatic carbocycles. The molecule has 0 spiro atoms. The van der Waals surface area contributed by atoms with Crippen molar-refractivity contribution in [3.8, 4) is 0 Å². The van der Waals surface area contributed by atoms with E-state index in [0.717, 1.165) is 18.0 Å². The third kappa shape index (κ3) is 3.09. The first-order valence-corrected chi connectivity index (χ1v) is 8.52. The number of carbonyl (C=O) groups is 1. The zero-order valence-corrected chi connectivity index (χ0v) is 13.5. The van der Waals surface area contributed by atoms with E-state index in [1.807, 2.05) is 30.3 Å². The minimum Gasteiger partial charge on any atom is -0.354 e. The standard InChI is InChI=1S/C18H21N5O/c24-18(19-11-16-9-14-6-7-15(16)8-14)17(23-12-20-21-22-23)10-13-4-2-1-3-5-13/h1-7,12,14-17H,8-11H2,(H,19,24)/t14-,15-,16+,17+/m0/s1. The van der Waals surface area contributed by atoms with Crippen molar-refractivity contribution in [2.45, 2.75) is 25.3 Å². The molecule has 1 fully saturated rings. The Morgan fingerprint density at radius 3 is 2.79 bits per heavy atom. The van der Waals surface area contributed by atoms with Crippen LogP contribution in [0.1, 0.15) is 24.4 Å². The quantitative estimate of drug-likeness (QED) is 0.823. The zero-order valence-electron chi connectivity index (χ0n) is 13.5. The summed E-state index contributed by atoms with van der Waals surface area (Å²) in [4.78, 5) is 12.8. The first-order valence-electron chi connectivity index (χ1n) is 8.52. The largest absolute Gasteiger partial charge is 0.354 e. The molecule has 1 amide bonds. The van der Waals surface area contributed by atoms with Crippen LogP contribution in [0, 0.1) is 17.8 Å². The molecule has 0 radical (unpaired) electrons. The van der Waals surface area contributed by atoms with Crippen LogP contribution in [0.25, 0.3) is 0 Å². The summed E-state index contributed by atoms with van der Waals surface area (Å²) in [5, 5.41) is 14.4. The second-order valence-electron chi connectivity index (χ2n) is 6.78. The molecule has 4 atom stereocenters. The third-order valence-electron chi connectivity index (χ3n) is 5.21.